The van der Waals surface area contributed by atoms with E-state index >= 15 is 0 Å². The van der Waals surface area contributed by atoms with Gasteiger partial charge in [0.25, 0.3) is 0 Å². The van der Waals surface area contributed by atoms with Crippen LogP contribution in [0.25, 0.3) is 38.5 Å². The van der Waals surface area contributed by atoms with Crippen molar-refractivity contribution in [1.82, 2.24) is 24.7 Å². The lowest BCUT2D eigenvalue weighted by Gasteiger charge is -2.25. The maximum Gasteiger partial charge on any atom is 0.236 e. The molecule has 7 rings (SSSR count). The third-order valence-electron chi connectivity index (χ3n) is 5.77. The number of amidine groups is 1. The SMILES string of the molecule is S=c1[nH]nc2n1-c1c(sc3nc(-c4ccccc4)nc(-c4ccccc4)c13)C1=NCCN12. The fourth-order valence-electron chi connectivity index (χ4n) is 4.38. The van der Waals surface area contributed by atoms with E-state index in [1.165, 1.54) is 0 Å². The number of rotatable bonds is 2. The molecular formula is C23H15N7S2. The fourth-order valence-corrected chi connectivity index (χ4v) is 5.78. The molecule has 2 aliphatic heterocycles. The van der Waals surface area contributed by atoms with Crippen LogP contribution in [0.15, 0.2) is 65.7 Å². The van der Waals surface area contributed by atoms with Gasteiger partial charge in [-0.25, -0.2) is 15.1 Å². The predicted molar refractivity (Wildman–Crippen MR) is 129 cm³/mol. The molecular weight excluding hydrogens is 438 g/mol. The van der Waals surface area contributed by atoms with Crippen LogP contribution in [-0.2, 0) is 0 Å². The maximum absolute atomic E-state index is 5.64. The van der Waals surface area contributed by atoms with Crippen LogP contribution in [0.4, 0.5) is 5.95 Å². The van der Waals surface area contributed by atoms with Crippen molar-refractivity contribution in [3.8, 4) is 28.3 Å². The van der Waals surface area contributed by atoms with E-state index in [0.717, 1.165) is 62.5 Å². The summed E-state index contributed by atoms with van der Waals surface area (Å²) in [6.45, 7) is 1.52. The van der Waals surface area contributed by atoms with E-state index in [1.807, 2.05) is 53.1 Å². The second-order valence-electron chi connectivity index (χ2n) is 7.61. The summed E-state index contributed by atoms with van der Waals surface area (Å²) < 4.78 is 2.56. The number of aliphatic imine (C=N–C) groups is 1. The molecule has 2 aromatic carbocycles. The van der Waals surface area contributed by atoms with Crippen molar-refractivity contribution in [2.75, 3.05) is 18.0 Å². The number of thiophene rings is 1. The number of hydrogen-bond donors (Lipinski definition) is 1. The number of hydrogen-bond acceptors (Lipinski definition) is 7. The Morgan fingerprint density at radius 1 is 0.938 bits per heavy atom. The highest BCUT2D eigenvalue weighted by molar-refractivity contribution is 7.71. The van der Waals surface area contributed by atoms with Crippen LogP contribution in [0.5, 0.6) is 0 Å². The number of nitrogens with zero attached hydrogens (tertiary/aromatic N) is 6. The molecule has 0 spiro atoms. The number of anilines is 1. The molecule has 0 radical (unpaired) electrons. The molecule has 2 aliphatic rings. The lowest BCUT2D eigenvalue weighted by molar-refractivity contribution is 0.924. The van der Waals surface area contributed by atoms with Gasteiger partial charge < -0.3 is 0 Å². The Balaban J connectivity index is 1.63. The summed E-state index contributed by atoms with van der Waals surface area (Å²) in [5, 5.41) is 8.45. The summed E-state index contributed by atoms with van der Waals surface area (Å²) in [7, 11) is 0. The topological polar surface area (TPSA) is 75.0 Å². The zero-order chi connectivity index (χ0) is 21.2. The van der Waals surface area contributed by atoms with E-state index in [-0.39, 0.29) is 0 Å². The maximum atomic E-state index is 5.64. The average Bonchev–Trinajstić information content (AvgIpc) is 3.56. The van der Waals surface area contributed by atoms with Crippen molar-refractivity contribution in [1.29, 1.82) is 0 Å². The summed E-state index contributed by atoms with van der Waals surface area (Å²) in [6, 6.07) is 20.3. The third-order valence-corrected chi connectivity index (χ3v) is 7.11. The predicted octanol–water partition coefficient (Wildman–Crippen LogP) is 4.85. The lowest BCUT2D eigenvalue weighted by atomic mass is 10.1. The molecule has 0 unspecified atom stereocenters. The molecule has 0 aliphatic carbocycles. The van der Waals surface area contributed by atoms with Crippen LogP contribution in [0.3, 0.4) is 0 Å². The number of fused-ring (bicyclic) bond motifs is 8. The van der Waals surface area contributed by atoms with Crippen LogP contribution >= 0.6 is 23.6 Å². The number of benzene rings is 2. The van der Waals surface area contributed by atoms with Gasteiger partial charge in [-0.3, -0.25) is 14.5 Å². The normalized spacial score (nSPS) is 14.2. The van der Waals surface area contributed by atoms with Crippen molar-refractivity contribution < 1.29 is 0 Å². The molecule has 5 aromatic rings. The van der Waals surface area contributed by atoms with Gasteiger partial charge in [0, 0.05) is 17.7 Å². The number of nitrogens with one attached hydrogen (secondary N) is 1. The number of H-pyrrole nitrogens is 1. The Morgan fingerprint density at radius 3 is 2.47 bits per heavy atom. The molecule has 0 amide bonds. The molecule has 0 saturated heterocycles. The first-order valence-corrected chi connectivity index (χ1v) is 11.5. The van der Waals surface area contributed by atoms with E-state index in [4.69, 9.17) is 27.2 Å². The van der Waals surface area contributed by atoms with Crippen molar-refractivity contribution in [2.45, 2.75) is 0 Å². The molecule has 32 heavy (non-hydrogen) atoms. The first-order valence-electron chi connectivity index (χ1n) is 10.2. The van der Waals surface area contributed by atoms with Gasteiger partial charge >= 0.3 is 0 Å². The smallest absolute Gasteiger partial charge is 0.236 e. The molecule has 0 fully saturated rings. The largest absolute Gasteiger partial charge is 0.292 e. The van der Waals surface area contributed by atoms with E-state index in [9.17, 15) is 0 Å². The van der Waals surface area contributed by atoms with Gasteiger partial charge in [-0.1, -0.05) is 60.7 Å². The molecule has 1 N–H and O–H groups in total. The monoisotopic (exact) mass is 453 g/mol. The summed E-state index contributed by atoms with van der Waals surface area (Å²) in [6.07, 6.45) is 0. The average molecular weight is 454 g/mol. The molecule has 0 atom stereocenters. The van der Waals surface area contributed by atoms with Gasteiger partial charge in [0.15, 0.2) is 5.82 Å². The van der Waals surface area contributed by atoms with Gasteiger partial charge in [0.1, 0.15) is 10.7 Å². The minimum atomic E-state index is 0.554. The third kappa shape index (κ3) is 2.43. The highest BCUT2D eigenvalue weighted by Gasteiger charge is 2.37. The summed E-state index contributed by atoms with van der Waals surface area (Å²) in [5.74, 6) is 2.41. The van der Waals surface area contributed by atoms with Crippen molar-refractivity contribution in [3.05, 3.63) is 70.3 Å². The van der Waals surface area contributed by atoms with Crippen molar-refractivity contribution in [2.24, 2.45) is 4.99 Å². The first kappa shape index (κ1) is 17.9. The Labute approximate surface area is 191 Å². The van der Waals surface area contributed by atoms with Crippen LogP contribution in [0.1, 0.15) is 4.88 Å². The molecule has 0 bridgehead atoms. The molecule has 0 saturated carbocycles. The molecule has 154 valence electrons. The molecule has 7 nitrogen and oxygen atoms in total. The fraction of sp³-hybridized carbons (Fsp3) is 0.0870. The number of aromatic amines is 1. The zero-order valence-electron chi connectivity index (χ0n) is 16.7. The van der Waals surface area contributed by atoms with Gasteiger partial charge in [0.05, 0.1) is 28.2 Å². The highest BCUT2D eigenvalue weighted by atomic mass is 32.1. The Morgan fingerprint density at radius 2 is 1.69 bits per heavy atom. The van der Waals surface area contributed by atoms with Gasteiger partial charge in [-0.05, 0) is 12.2 Å². The van der Waals surface area contributed by atoms with Crippen LogP contribution in [0, 0.1) is 4.77 Å². The van der Waals surface area contributed by atoms with Crippen LogP contribution < -0.4 is 4.90 Å². The lowest BCUT2D eigenvalue weighted by Crippen LogP contribution is -2.34. The Hall–Kier alpha value is -3.69. The second kappa shape index (κ2) is 6.65. The van der Waals surface area contributed by atoms with E-state index in [0.29, 0.717) is 10.6 Å². The standard InChI is InChI=1S/C23H15N7S2/c31-23-28-27-22-29-12-11-24-20(29)18-17(30(22)23)15-16(13-7-3-1-4-8-13)25-19(26-21(15)32-18)14-9-5-2-6-10-14/h1-10H,11-12H2,(H,28,31). The number of aromatic nitrogens is 5. The Bertz CT molecular complexity index is 1600. The van der Waals surface area contributed by atoms with Crippen LogP contribution in [-0.4, -0.2) is 43.7 Å². The van der Waals surface area contributed by atoms with E-state index in [2.05, 4.69) is 27.2 Å². The van der Waals surface area contributed by atoms with Crippen molar-refractivity contribution in [3.63, 3.8) is 0 Å². The van der Waals surface area contributed by atoms with E-state index in [1.54, 1.807) is 11.3 Å². The molecule has 5 heterocycles. The zero-order valence-corrected chi connectivity index (χ0v) is 18.3. The quantitative estimate of drug-likeness (QED) is 0.387. The minimum Gasteiger partial charge on any atom is -0.292 e. The van der Waals surface area contributed by atoms with Crippen molar-refractivity contribution >= 4 is 45.6 Å². The second-order valence-corrected chi connectivity index (χ2v) is 8.99. The summed E-state index contributed by atoms with van der Waals surface area (Å²) in [4.78, 5) is 18.9. The minimum absolute atomic E-state index is 0.554. The van der Waals surface area contributed by atoms with Gasteiger partial charge in [0.2, 0.25) is 10.7 Å². The van der Waals surface area contributed by atoms with Gasteiger partial charge in [-0.2, -0.15) is 0 Å². The molecule has 3 aromatic heterocycles. The van der Waals surface area contributed by atoms with E-state index < -0.39 is 0 Å². The molecule has 9 heteroatoms. The first-order chi connectivity index (χ1) is 15.8. The summed E-state index contributed by atoms with van der Waals surface area (Å²) in [5.41, 5.74) is 3.87. The highest BCUT2D eigenvalue weighted by Crippen LogP contribution is 2.44. The van der Waals surface area contributed by atoms with Gasteiger partial charge in [-0.15, -0.1) is 16.4 Å². The Kier molecular flexibility index (Phi) is 3.73. The van der Waals surface area contributed by atoms with Crippen LogP contribution in [0.2, 0.25) is 0 Å². The summed E-state index contributed by atoms with van der Waals surface area (Å²) >= 11 is 7.28.